The van der Waals surface area contributed by atoms with Gasteiger partial charge in [0.2, 0.25) is 0 Å². The maximum Gasteiger partial charge on any atom is 0.343 e. The zero-order chi connectivity index (χ0) is 13.8. The van der Waals surface area contributed by atoms with Crippen LogP contribution in [0, 0.1) is 0 Å². The van der Waals surface area contributed by atoms with Crippen LogP contribution in [-0.2, 0) is 9.53 Å². The van der Waals surface area contributed by atoms with Gasteiger partial charge in [-0.15, -0.1) is 0 Å². The van der Waals surface area contributed by atoms with E-state index in [4.69, 9.17) is 10.5 Å². The van der Waals surface area contributed by atoms with Crippen molar-refractivity contribution in [2.24, 2.45) is 10.7 Å². The molecule has 0 radical (unpaired) electrons. The van der Waals surface area contributed by atoms with E-state index in [9.17, 15) is 4.79 Å². The Kier molecular flexibility index (Phi) is 3.85. The van der Waals surface area contributed by atoms with E-state index in [1.165, 1.54) is 0 Å². The maximum absolute atomic E-state index is 12.0. The number of para-hydroxylation sites is 2. The van der Waals surface area contributed by atoms with Gasteiger partial charge in [-0.1, -0.05) is 19.1 Å². The number of fused-ring (bicyclic) bond motifs is 1. The number of benzene rings is 1. The fourth-order valence-electron chi connectivity index (χ4n) is 1.94. The molecule has 3 N–H and O–H groups in total. The number of nitrogens with zero attached hydrogens (tertiary/aromatic N) is 1. The van der Waals surface area contributed by atoms with E-state index in [0.29, 0.717) is 24.3 Å². The van der Waals surface area contributed by atoms with E-state index in [1.807, 2.05) is 31.2 Å². The number of allylic oxidation sites excluding steroid dienone is 1. The summed E-state index contributed by atoms with van der Waals surface area (Å²) in [6, 6.07) is 7.52. The van der Waals surface area contributed by atoms with Crippen molar-refractivity contribution < 1.29 is 9.53 Å². The van der Waals surface area contributed by atoms with Gasteiger partial charge in [-0.25, -0.2) is 9.79 Å². The van der Waals surface area contributed by atoms with Crippen molar-refractivity contribution in [3.05, 3.63) is 35.5 Å². The van der Waals surface area contributed by atoms with Crippen molar-refractivity contribution in [1.29, 1.82) is 0 Å². The first kappa shape index (κ1) is 13.1. The molecule has 100 valence electrons. The number of esters is 1. The molecule has 0 saturated heterocycles. The third-order valence-corrected chi connectivity index (χ3v) is 2.82. The number of aliphatic imine (C=N–C) groups is 1. The topological polar surface area (TPSA) is 76.7 Å². The van der Waals surface area contributed by atoms with Crippen molar-refractivity contribution in [2.45, 2.75) is 20.3 Å². The van der Waals surface area contributed by atoms with E-state index in [2.05, 4.69) is 10.3 Å². The first-order chi connectivity index (χ1) is 9.17. The Morgan fingerprint density at radius 3 is 2.79 bits per heavy atom. The highest BCUT2D eigenvalue weighted by Crippen LogP contribution is 2.30. The number of carbonyl (C=O) groups is 1. The number of ether oxygens (including phenoxy) is 1. The highest BCUT2D eigenvalue weighted by molar-refractivity contribution is 6.20. The Balaban J connectivity index is 2.51. The number of carbonyl (C=O) groups excluding carboxylic acids is 1. The number of amidine groups is 1. The average molecular weight is 259 g/mol. The molecule has 0 aromatic heterocycles. The Labute approximate surface area is 112 Å². The quantitative estimate of drug-likeness (QED) is 0.817. The molecule has 0 aliphatic carbocycles. The molecule has 1 aliphatic rings. The van der Waals surface area contributed by atoms with Crippen LogP contribution in [0.2, 0.25) is 0 Å². The third kappa shape index (κ3) is 2.59. The van der Waals surface area contributed by atoms with Gasteiger partial charge in [-0.2, -0.15) is 0 Å². The van der Waals surface area contributed by atoms with Crippen LogP contribution in [0.4, 0.5) is 11.4 Å². The van der Waals surface area contributed by atoms with Gasteiger partial charge in [-0.3, -0.25) is 0 Å². The molecule has 0 unspecified atom stereocenters. The summed E-state index contributed by atoms with van der Waals surface area (Å²) in [5, 5.41) is 3.21. The van der Waals surface area contributed by atoms with Gasteiger partial charge in [0.15, 0.2) is 0 Å². The van der Waals surface area contributed by atoms with Gasteiger partial charge in [-0.05, 0) is 25.5 Å². The maximum atomic E-state index is 12.0. The molecule has 1 aromatic carbocycles. The summed E-state index contributed by atoms with van der Waals surface area (Å²) in [7, 11) is 0. The smallest absolute Gasteiger partial charge is 0.343 e. The van der Waals surface area contributed by atoms with Gasteiger partial charge in [0.1, 0.15) is 11.4 Å². The fourth-order valence-corrected chi connectivity index (χ4v) is 1.94. The lowest BCUT2D eigenvalue weighted by molar-refractivity contribution is -0.137. The Hall–Kier alpha value is -2.30. The average Bonchev–Trinajstić information content (AvgIpc) is 2.54. The number of nitrogens with one attached hydrogen (secondary N) is 1. The number of hydrogen-bond donors (Lipinski definition) is 2. The summed E-state index contributed by atoms with van der Waals surface area (Å²) < 4.78 is 5.04. The fraction of sp³-hybridized carbons (Fsp3) is 0.286. The lowest BCUT2D eigenvalue weighted by Crippen LogP contribution is -2.25. The predicted octanol–water partition coefficient (Wildman–Crippen LogP) is 2.33. The molecular formula is C14H17N3O2. The van der Waals surface area contributed by atoms with E-state index in [0.717, 1.165) is 11.4 Å². The monoisotopic (exact) mass is 259 g/mol. The molecule has 19 heavy (non-hydrogen) atoms. The predicted molar refractivity (Wildman–Crippen MR) is 75.3 cm³/mol. The van der Waals surface area contributed by atoms with E-state index >= 15 is 0 Å². The van der Waals surface area contributed by atoms with Crippen molar-refractivity contribution in [3.63, 3.8) is 0 Å². The van der Waals surface area contributed by atoms with E-state index in [1.54, 1.807) is 6.92 Å². The summed E-state index contributed by atoms with van der Waals surface area (Å²) in [4.78, 5) is 16.3. The summed E-state index contributed by atoms with van der Waals surface area (Å²) in [6.07, 6.45) is 0.638. The van der Waals surface area contributed by atoms with Crippen LogP contribution in [0.5, 0.6) is 0 Å². The number of rotatable bonds is 3. The van der Waals surface area contributed by atoms with E-state index in [-0.39, 0.29) is 5.84 Å². The summed E-state index contributed by atoms with van der Waals surface area (Å²) in [6.45, 7) is 4.01. The van der Waals surface area contributed by atoms with Crippen LogP contribution in [0.1, 0.15) is 20.3 Å². The molecular weight excluding hydrogens is 242 g/mol. The molecule has 2 rings (SSSR count). The lowest BCUT2D eigenvalue weighted by Gasteiger charge is -2.12. The molecule has 5 heteroatoms. The zero-order valence-corrected chi connectivity index (χ0v) is 11.1. The SMILES string of the molecule is CCOC(=O)C1=C(CC)Nc2ccccc2N=C1N. The van der Waals surface area contributed by atoms with Gasteiger partial charge in [0.25, 0.3) is 0 Å². The minimum absolute atomic E-state index is 0.188. The lowest BCUT2D eigenvalue weighted by atomic mass is 10.1. The number of hydrogen-bond acceptors (Lipinski definition) is 5. The summed E-state index contributed by atoms with van der Waals surface area (Å²) in [5.41, 5.74) is 8.54. The Morgan fingerprint density at radius 2 is 2.11 bits per heavy atom. The van der Waals surface area contributed by atoms with Crippen LogP contribution in [0.15, 0.2) is 40.5 Å². The Bertz CT molecular complexity index is 562. The van der Waals surface area contributed by atoms with Crippen LogP contribution in [-0.4, -0.2) is 18.4 Å². The molecule has 1 aromatic rings. The van der Waals surface area contributed by atoms with Crippen molar-refractivity contribution in [1.82, 2.24) is 0 Å². The molecule has 0 spiro atoms. The second kappa shape index (κ2) is 5.56. The molecule has 0 atom stereocenters. The van der Waals surface area contributed by atoms with Gasteiger partial charge < -0.3 is 15.8 Å². The molecule has 0 bridgehead atoms. The zero-order valence-electron chi connectivity index (χ0n) is 11.1. The van der Waals surface area contributed by atoms with Gasteiger partial charge in [0, 0.05) is 5.70 Å². The molecule has 0 fully saturated rings. The molecule has 1 heterocycles. The molecule has 1 aliphatic heterocycles. The van der Waals surface area contributed by atoms with Crippen LogP contribution < -0.4 is 11.1 Å². The van der Waals surface area contributed by atoms with Gasteiger partial charge >= 0.3 is 5.97 Å². The summed E-state index contributed by atoms with van der Waals surface area (Å²) >= 11 is 0. The highest BCUT2D eigenvalue weighted by Gasteiger charge is 2.23. The van der Waals surface area contributed by atoms with Crippen molar-refractivity contribution in [2.75, 3.05) is 11.9 Å². The van der Waals surface area contributed by atoms with Crippen molar-refractivity contribution >= 4 is 23.2 Å². The largest absolute Gasteiger partial charge is 0.462 e. The van der Waals surface area contributed by atoms with Crippen LogP contribution >= 0.6 is 0 Å². The second-order valence-electron chi connectivity index (χ2n) is 4.07. The first-order valence-corrected chi connectivity index (χ1v) is 6.28. The van der Waals surface area contributed by atoms with E-state index < -0.39 is 5.97 Å². The molecule has 0 saturated carbocycles. The van der Waals surface area contributed by atoms with Crippen molar-refractivity contribution in [3.8, 4) is 0 Å². The minimum Gasteiger partial charge on any atom is -0.462 e. The van der Waals surface area contributed by atoms with Crippen LogP contribution in [0.25, 0.3) is 0 Å². The van der Waals surface area contributed by atoms with Crippen LogP contribution in [0.3, 0.4) is 0 Å². The number of anilines is 1. The first-order valence-electron chi connectivity index (χ1n) is 6.28. The second-order valence-corrected chi connectivity index (χ2v) is 4.07. The standard InChI is InChI=1S/C14H17N3O2/c1-3-9-12(14(18)19-4-2)13(15)17-11-8-6-5-7-10(11)16-9/h5-8,16H,3-4H2,1-2H3,(H2,15,17). The third-order valence-electron chi connectivity index (χ3n) is 2.82. The highest BCUT2D eigenvalue weighted by atomic mass is 16.5. The normalized spacial score (nSPS) is 14.1. The minimum atomic E-state index is -0.444. The number of nitrogens with two attached hydrogens (primary N) is 1. The Morgan fingerprint density at radius 1 is 1.37 bits per heavy atom. The van der Waals surface area contributed by atoms with Gasteiger partial charge in [0.05, 0.1) is 18.0 Å². The molecule has 5 nitrogen and oxygen atoms in total. The molecule has 0 amide bonds. The summed E-state index contributed by atoms with van der Waals surface area (Å²) in [5.74, 6) is -0.256.